The SMILES string of the molecule is CCSc1nnc(-c2nn(C)c3c2CN(C(=O)c2cc(C)cc(C)c2)CC3)n1C. The maximum atomic E-state index is 13.2. The van der Waals surface area contributed by atoms with E-state index in [1.54, 1.807) is 11.8 Å². The summed E-state index contributed by atoms with van der Waals surface area (Å²) in [6, 6.07) is 6.02. The Hall–Kier alpha value is -2.61. The molecule has 1 aliphatic rings. The molecular formula is C21H26N6OS. The molecule has 8 heteroatoms. The average molecular weight is 411 g/mol. The Labute approximate surface area is 175 Å². The van der Waals surface area contributed by atoms with Gasteiger partial charge in [0.2, 0.25) is 0 Å². The van der Waals surface area contributed by atoms with E-state index in [0.717, 1.165) is 56.8 Å². The Morgan fingerprint density at radius 2 is 1.86 bits per heavy atom. The summed E-state index contributed by atoms with van der Waals surface area (Å²) in [5.41, 5.74) is 6.01. The number of hydrogen-bond donors (Lipinski definition) is 0. The molecule has 0 saturated heterocycles. The summed E-state index contributed by atoms with van der Waals surface area (Å²) in [5.74, 6) is 1.75. The Kier molecular flexibility index (Phi) is 5.21. The summed E-state index contributed by atoms with van der Waals surface area (Å²) in [4.78, 5) is 15.1. The normalized spacial score (nSPS) is 13.6. The van der Waals surface area contributed by atoms with E-state index >= 15 is 0 Å². The zero-order valence-electron chi connectivity index (χ0n) is 17.6. The third-order valence-electron chi connectivity index (χ3n) is 5.32. The molecule has 0 fully saturated rings. The summed E-state index contributed by atoms with van der Waals surface area (Å²) in [5, 5.41) is 14.3. The van der Waals surface area contributed by atoms with Gasteiger partial charge in [0, 0.05) is 43.9 Å². The highest BCUT2D eigenvalue weighted by Gasteiger charge is 2.29. The minimum absolute atomic E-state index is 0.0671. The molecule has 2 aromatic heterocycles. The van der Waals surface area contributed by atoms with Crippen LogP contribution in [0.25, 0.3) is 11.5 Å². The van der Waals surface area contributed by atoms with Gasteiger partial charge in [0.15, 0.2) is 11.0 Å². The second kappa shape index (κ2) is 7.67. The number of aryl methyl sites for hydroxylation is 3. The van der Waals surface area contributed by atoms with E-state index in [0.29, 0.717) is 13.1 Å². The molecule has 0 spiro atoms. The van der Waals surface area contributed by atoms with Crippen molar-refractivity contribution in [2.75, 3.05) is 12.3 Å². The van der Waals surface area contributed by atoms with Gasteiger partial charge in [0.1, 0.15) is 5.69 Å². The van der Waals surface area contributed by atoms with Crippen molar-refractivity contribution in [3.63, 3.8) is 0 Å². The van der Waals surface area contributed by atoms with Crippen LogP contribution in [-0.2, 0) is 27.1 Å². The average Bonchev–Trinajstić information content (AvgIpc) is 3.20. The number of aromatic nitrogens is 5. The molecule has 0 saturated carbocycles. The Morgan fingerprint density at radius 1 is 1.14 bits per heavy atom. The lowest BCUT2D eigenvalue weighted by molar-refractivity contribution is 0.0733. The summed E-state index contributed by atoms with van der Waals surface area (Å²) < 4.78 is 3.91. The predicted molar refractivity (Wildman–Crippen MR) is 114 cm³/mol. The van der Waals surface area contributed by atoms with Gasteiger partial charge in [0.05, 0.1) is 6.54 Å². The van der Waals surface area contributed by atoms with Crippen molar-refractivity contribution in [3.05, 3.63) is 46.1 Å². The van der Waals surface area contributed by atoms with Gasteiger partial charge in [-0.05, 0) is 31.7 Å². The van der Waals surface area contributed by atoms with Crippen LogP contribution in [0.4, 0.5) is 0 Å². The number of nitrogens with zero attached hydrogens (tertiary/aromatic N) is 6. The third kappa shape index (κ3) is 3.57. The predicted octanol–water partition coefficient (Wildman–Crippen LogP) is 3.14. The number of hydrogen-bond acceptors (Lipinski definition) is 5. The fraction of sp³-hybridized carbons (Fsp3) is 0.429. The summed E-state index contributed by atoms with van der Waals surface area (Å²) in [7, 11) is 3.93. The van der Waals surface area contributed by atoms with Gasteiger partial charge in [-0.1, -0.05) is 35.9 Å². The van der Waals surface area contributed by atoms with Crippen molar-refractivity contribution in [1.82, 2.24) is 29.4 Å². The molecular weight excluding hydrogens is 384 g/mol. The van der Waals surface area contributed by atoms with Gasteiger partial charge in [-0.25, -0.2) is 0 Å². The van der Waals surface area contributed by atoms with Crippen molar-refractivity contribution in [3.8, 4) is 11.5 Å². The van der Waals surface area contributed by atoms with Crippen molar-refractivity contribution in [1.29, 1.82) is 0 Å². The zero-order chi connectivity index (χ0) is 20.7. The maximum absolute atomic E-state index is 13.2. The van der Waals surface area contributed by atoms with Crippen LogP contribution in [0.15, 0.2) is 23.4 Å². The Morgan fingerprint density at radius 3 is 2.55 bits per heavy atom. The monoisotopic (exact) mass is 410 g/mol. The van der Waals surface area contributed by atoms with E-state index in [-0.39, 0.29) is 5.91 Å². The third-order valence-corrected chi connectivity index (χ3v) is 6.22. The summed E-state index contributed by atoms with van der Waals surface area (Å²) >= 11 is 1.66. The first-order chi connectivity index (χ1) is 13.9. The van der Waals surface area contributed by atoms with Crippen LogP contribution in [0.1, 0.15) is 39.7 Å². The number of thioether (sulfide) groups is 1. The highest BCUT2D eigenvalue weighted by Crippen LogP contribution is 2.31. The molecule has 0 unspecified atom stereocenters. The number of benzene rings is 1. The summed E-state index contributed by atoms with van der Waals surface area (Å²) in [6.45, 7) is 7.37. The van der Waals surface area contributed by atoms with Crippen LogP contribution < -0.4 is 0 Å². The molecule has 0 radical (unpaired) electrons. The lowest BCUT2D eigenvalue weighted by Gasteiger charge is -2.28. The fourth-order valence-electron chi connectivity index (χ4n) is 4.00. The van der Waals surface area contributed by atoms with Crippen LogP contribution >= 0.6 is 11.8 Å². The number of carbonyl (C=O) groups is 1. The van der Waals surface area contributed by atoms with Crippen molar-refractivity contribution in [2.45, 2.75) is 38.9 Å². The molecule has 1 amide bonds. The van der Waals surface area contributed by atoms with Gasteiger partial charge in [-0.3, -0.25) is 9.48 Å². The van der Waals surface area contributed by atoms with Gasteiger partial charge in [-0.2, -0.15) is 5.10 Å². The second-order valence-electron chi connectivity index (χ2n) is 7.55. The van der Waals surface area contributed by atoms with E-state index in [1.165, 1.54) is 0 Å². The largest absolute Gasteiger partial charge is 0.334 e. The first-order valence-corrected chi connectivity index (χ1v) is 10.8. The molecule has 7 nitrogen and oxygen atoms in total. The van der Waals surface area contributed by atoms with E-state index in [1.807, 2.05) is 54.2 Å². The standard InChI is InChI=1S/C21H26N6OS/c1-6-29-21-23-22-19(25(21)4)18-16-12-27(8-7-17(16)26(5)24-18)20(28)15-10-13(2)9-14(3)11-15/h9-11H,6-8,12H2,1-5H3. The second-order valence-corrected chi connectivity index (χ2v) is 8.78. The smallest absolute Gasteiger partial charge is 0.254 e. The number of carbonyl (C=O) groups excluding carboxylic acids is 1. The quantitative estimate of drug-likeness (QED) is 0.618. The van der Waals surface area contributed by atoms with Gasteiger partial charge in [-0.15, -0.1) is 10.2 Å². The van der Waals surface area contributed by atoms with Crippen molar-refractivity contribution in [2.24, 2.45) is 14.1 Å². The van der Waals surface area contributed by atoms with Crippen LogP contribution in [-0.4, -0.2) is 47.6 Å². The van der Waals surface area contributed by atoms with Crippen LogP contribution in [0.2, 0.25) is 0 Å². The molecule has 0 bridgehead atoms. The minimum atomic E-state index is 0.0671. The molecule has 3 heterocycles. The van der Waals surface area contributed by atoms with Gasteiger partial charge in [0.25, 0.3) is 5.91 Å². The first-order valence-electron chi connectivity index (χ1n) is 9.84. The highest BCUT2D eigenvalue weighted by molar-refractivity contribution is 7.99. The topological polar surface area (TPSA) is 68.8 Å². The molecule has 0 N–H and O–H groups in total. The lowest BCUT2D eigenvalue weighted by Crippen LogP contribution is -2.36. The Balaban J connectivity index is 1.68. The van der Waals surface area contributed by atoms with E-state index in [2.05, 4.69) is 23.2 Å². The van der Waals surface area contributed by atoms with Gasteiger partial charge >= 0.3 is 0 Å². The van der Waals surface area contributed by atoms with E-state index < -0.39 is 0 Å². The fourth-order valence-corrected chi connectivity index (χ4v) is 4.64. The minimum Gasteiger partial charge on any atom is -0.334 e. The number of rotatable bonds is 4. The molecule has 1 aliphatic heterocycles. The summed E-state index contributed by atoms with van der Waals surface area (Å²) in [6.07, 6.45) is 0.782. The number of fused-ring (bicyclic) bond motifs is 1. The van der Waals surface area contributed by atoms with Crippen molar-refractivity contribution < 1.29 is 4.79 Å². The van der Waals surface area contributed by atoms with Crippen molar-refractivity contribution >= 4 is 17.7 Å². The molecule has 0 aliphatic carbocycles. The molecule has 152 valence electrons. The van der Waals surface area contributed by atoms with Gasteiger partial charge < -0.3 is 9.47 Å². The first kappa shape index (κ1) is 19.7. The molecule has 1 aromatic carbocycles. The molecule has 3 aromatic rings. The van der Waals surface area contributed by atoms with E-state index in [4.69, 9.17) is 5.10 Å². The Bertz CT molecular complexity index is 1060. The lowest BCUT2D eigenvalue weighted by atomic mass is 10.0. The highest BCUT2D eigenvalue weighted by atomic mass is 32.2. The molecule has 4 rings (SSSR count). The molecule has 0 atom stereocenters. The van der Waals surface area contributed by atoms with Crippen LogP contribution in [0.3, 0.4) is 0 Å². The zero-order valence-corrected chi connectivity index (χ0v) is 18.4. The van der Waals surface area contributed by atoms with Crippen LogP contribution in [0, 0.1) is 13.8 Å². The maximum Gasteiger partial charge on any atom is 0.254 e. The van der Waals surface area contributed by atoms with E-state index in [9.17, 15) is 4.79 Å². The molecule has 29 heavy (non-hydrogen) atoms. The number of amides is 1. The van der Waals surface area contributed by atoms with Crippen LogP contribution in [0.5, 0.6) is 0 Å².